The maximum Gasteiger partial charge on any atom is 0.296 e. The molecule has 3 rings (SSSR count). The second-order valence-electron chi connectivity index (χ2n) is 9.43. The summed E-state index contributed by atoms with van der Waals surface area (Å²) in [5, 5.41) is 22.9. The van der Waals surface area contributed by atoms with Gasteiger partial charge in [0.15, 0.2) is 21.5 Å². The molecule has 0 atom stereocenters. The Morgan fingerprint density at radius 3 is 2.13 bits per heavy atom. The summed E-state index contributed by atoms with van der Waals surface area (Å²) in [6.07, 6.45) is 0.589. The van der Waals surface area contributed by atoms with E-state index in [0.717, 1.165) is 23.6 Å². The first kappa shape index (κ1) is 36.1. The summed E-state index contributed by atoms with van der Waals surface area (Å²) in [5.74, 6) is 0.147. The van der Waals surface area contributed by atoms with Crippen LogP contribution >= 0.6 is 0 Å². The highest BCUT2D eigenvalue weighted by molar-refractivity contribution is 7.94. The van der Waals surface area contributed by atoms with E-state index in [1.807, 2.05) is 0 Å². The normalized spacial score (nSPS) is 12.5. The lowest BCUT2D eigenvalue weighted by Gasteiger charge is -2.16. The van der Waals surface area contributed by atoms with Crippen LogP contribution in [0.3, 0.4) is 0 Å². The van der Waals surface area contributed by atoms with Gasteiger partial charge in [0, 0.05) is 37.8 Å². The Labute approximate surface area is 266 Å². The number of rotatable bonds is 16. The fourth-order valence-corrected chi connectivity index (χ4v) is 5.34. The van der Waals surface area contributed by atoms with Gasteiger partial charge in [-0.3, -0.25) is 9.11 Å². The Bertz CT molecular complexity index is 1970. The molecule has 3 aromatic rings. The van der Waals surface area contributed by atoms with Crippen LogP contribution in [0.15, 0.2) is 84.7 Å². The predicted octanol–water partition coefficient (Wildman–Crippen LogP) is 4.72. The van der Waals surface area contributed by atoms with Gasteiger partial charge >= 0.3 is 0 Å². The van der Waals surface area contributed by atoms with Crippen LogP contribution in [-0.4, -0.2) is 71.9 Å². The maximum absolute atomic E-state index is 12.2. The van der Waals surface area contributed by atoms with Crippen LogP contribution in [0.1, 0.15) is 12.0 Å². The van der Waals surface area contributed by atoms with Gasteiger partial charge in [-0.05, 0) is 55.8 Å². The number of azo groups is 2. The number of pyridine rings is 1. The lowest BCUT2D eigenvalue weighted by molar-refractivity contribution is 0.198. The second-order valence-corrected chi connectivity index (χ2v) is 14.3. The minimum absolute atomic E-state index is 0.00178. The third-order valence-electron chi connectivity index (χ3n) is 6.11. The first-order chi connectivity index (χ1) is 21.6. The summed E-state index contributed by atoms with van der Waals surface area (Å²) in [5.41, 5.74) is 6.89. The summed E-state index contributed by atoms with van der Waals surface area (Å²) in [6, 6.07) is 8.35. The smallest absolute Gasteiger partial charge is 0.296 e. The molecule has 6 N–H and O–H groups in total. The fourth-order valence-electron chi connectivity index (χ4n) is 3.66. The third-order valence-corrected chi connectivity index (χ3v) is 9.14. The van der Waals surface area contributed by atoms with Crippen LogP contribution in [-0.2, 0) is 34.8 Å². The Hall–Kier alpha value is -4.34. The zero-order valence-corrected chi connectivity index (χ0v) is 27.1. The predicted molar refractivity (Wildman–Crippen MR) is 172 cm³/mol. The molecule has 20 heteroatoms. The Balaban J connectivity index is 1.97. The van der Waals surface area contributed by atoms with Gasteiger partial charge in [-0.2, -0.15) is 27.1 Å². The number of methoxy groups -OCH3 is 1. The van der Waals surface area contributed by atoms with E-state index in [2.05, 4.69) is 42.7 Å². The number of nitrogen functional groups attached to an aromatic ring is 1. The van der Waals surface area contributed by atoms with Crippen LogP contribution < -0.4 is 16.4 Å². The number of nitrogens with one attached hydrogen (secondary N) is 2. The van der Waals surface area contributed by atoms with Crippen molar-refractivity contribution < 1.29 is 39.1 Å². The first-order valence-corrected chi connectivity index (χ1v) is 17.8. The summed E-state index contributed by atoms with van der Waals surface area (Å²) in [6.45, 7) is 5.73. The molecule has 1 heterocycles. The lowest BCUT2D eigenvalue weighted by atomic mass is 10.2. The van der Waals surface area contributed by atoms with Gasteiger partial charge < -0.3 is 21.1 Å². The molecular formula is C26H32N8O9S3. The molecule has 1 aromatic heterocycles. The van der Waals surface area contributed by atoms with Gasteiger partial charge in [-0.25, -0.2) is 13.4 Å². The van der Waals surface area contributed by atoms with E-state index in [9.17, 15) is 29.8 Å². The van der Waals surface area contributed by atoms with Crippen LogP contribution in [0, 0.1) is 6.92 Å². The number of sulfone groups is 1. The quantitative estimate of drug-likeness (QED) is 0.0772. The van der Waals surface area contributed by atoms with Crippen LogP contribution in [0.4, 0.5) is 40.1 Å². The average molecular weight is 697 g/mol. The van der Waals surface area contributed by atoms with E-state index < -0.39 is 35.0 Å². The van der Waals surface area contributed by atoms with Gasteiger partial charge in [-0.1, -0.05) is 6.58 Å². The van der Waals surface area contributed by atoms with E-state index in [1.165, 1.54) is 24.3 Å². The molecule has 2 aromatic carbocycles. The highest BCUT2D eigenvalue weighted by atomic mass is 32.2. The molecule has 0 radical (unpaired) electrons. The molecule has 248 valence electrons. The molecule has 0 bridgehead atoms. The maximum atomic E-state index is 12.2. The van der Waals surface area contributed by atoms with Crippen LogP contribution in [0.5, 0.6) is 0 Å². The molecule has 0 aliphatic heterocycles. The van der Waals surface area contributed by atoms with Gasteiger partial charge in [0.2, 0.25) is 0 Å². The molecule has 0 fully saturated rings. The molecule has 0 spiro atoms. The topological polar surface area (TPSA) is 265 Å². The minimum Gasteiger partial charge on any atom is -0.395 e. The number of aromatic nitrogens is 1. The van der Waals surface area contributed by atoms with E-state index in [1.54, 1.807) is 14.0 Å². The number of benzene rings is 2. The Kier molecular flexibility index (Phi) is 12.0. The number of hydrogen-bond acceptors (Lipinski definition) is 15. The molecule has 0 amide bonds. The number of anilines is 3. The van der Waals surface area contributed by atoms with Gasteiger partial charge in [0.1, 0.15) is 16.3 Å². The number of ether oxygens (including phenoxy) is 1. The van der Waals surface area contributed by atoms with E-state index >= 15 is 0 Å². The third kappa shape index (κ3) is 10.1. The molecule has 0 saturated heterocycles. The largest absolute Gasteiger partial charge is 0.395 e. The molecular weight excluding hydrogens is 665 g/mol. The minimum atomic E-state index is -4.83. The van der Waals surface area contributed by atoms with Crippen molar-refractivity contribution in [1.29, 1.82) is 0 Å². The molecule has 0 unspecified atom stereocenters. The lowest BCUT2D eigenvalue weighted by Crippen LogP contribution is -2.16. The Morgan fingerprint density at radius 1 is 0.891 bits per heavy atom. The van der Waals surface area contributed by atoms with Crippen LogP contribution in [0.25, 0.3) is 0 Å². The van der Waals surface area contributed by atoms with Gasteiger partial charge in [-0.15, -0.1) is 10.2 Å². The Morgan fingerprint density at radius 2 is 1.52 bits per heavy atom. The standard InChI is InChI=1S/C26H32N8O9S3/c1-4-44(35,36)15-13-29-25-23(27)17(2)24(26(30-25)28-12-5-14-43-3)34-33-21-11-8-19(16-22(21)46(40,41)42)32-31-18-6-9-20(10-7-18)45(37,38)39/h4,6-11,16H,1,5,12-15,27H2,2-3H3,(H2,28,29,30)(H,37,38,39)(H,40,41,42)/b32-31+,34-33+. The molecule has 17 nitrogen and oxygen atoms in total. The highest BCUT2D eigenvalue weighted by Gasteiger charge is 2.19. The van der Waals surface area contributed by atoms with Crippen molar-refractivity contribution in [3.63, 3.8) is 0 Å². The number of hydrogen-bond donors (Lipinski definition) is 5. The SMILES string of the molecule is C=CS(=O)(=O)CCNc1nc(NCCCOC)c(/N=N/c2ccc(/N=N/c3ccc(S(=O)(=O)O)cc3)cc2S(=O)(=O)O)c(C)c1N. The van der Waals surface area contributed by atoms with Crippen molar-refractivity contribution in [2.24, 2.45) is 20.5 Å². The van der Waals surface area contributed by atoms with E-state index in [4.69, 9.17) is 15.0 Å². The number of nitrogens with zero attached hydrogens (tertiary/aromatic N) is 5. The molecule has 0 aliphatic carbocycles. The summed E-state index contributed by atoms with van der Waals surface area (Å²) in [7, 11) is -11.2. The molecule has 0 aliphatic rings. The van der Waals surface area contributed by atoms with Crippen molar-refractivity contribution in [3.8, 4) is 0 Å². The van der Waals surface area contributed by atoms with Crippen molar-refractivity contribution in [2.45, 2.75) is 23.1 Å². The average Bonchev–Trinajstić information content (AvgIpc) is 2.99. The van der Waals surface area contributed by atoms with Crippen molar-refractivity contribution in [3.05, 3.63) is 60.0 Å². The monoisotopic (exact) mass is 696 g/mol. The highest BCUT2D eigenvalue weighted by Crippen LogP contribution is 2.38. The van der Waals surface area contributed by atoms with Crippen molar-refractivity contribution in [1.82, 2.24) is 4.98 Å². The summed E-state index contributed by atoms with van der Waals surface area (Å²) >= 11 is 0. The molecule has 46 heavy (non-hydrogen) atoms. The van der Waals surface area contributed by atoms with Crippen molar-refractivity contribution in [2.75, 3.05) is 48.9 Å². The summed E-state index contributed by atoms with van der Waals surface area (Å²) in [4.78, 5) is 3.46. The van der Waals surface area contributed by atoms with Crippen molar-refractivity contribution >= 4 is 70.1 Å². The number of nitrogens with two attached hydrogens (primary N) is 1. The van der Waals surface area contributed by atoms with Gasteiger partial charge in [0.05, 0.1) is 27.7 Å². The van der Waals surface area contributed by atoms with E-state index in [-0.39, 0.29) is 57.3 Å². The van der Waals surface area contributed by atoms with Gasteiger partial charge in [0.25, 0.3) is 20.2 Å². The zero-order chi connectivity index (χ0) is 34.1. The zero-order valence-electron chi connectivity index (χ0n) is 24.7. The van der Waals surface area contributed by atoms with Crippen LogP contribution in [0.2, 0.25) is 0 Å². The second kappa shape index (κ2) is 15.3. The fraction of sp³-hybridized carbons (Fsp3) is 0.269. The molecule has 0 saturated carbocycles. The first-order valence-electron chi connectivity index (χ1n) is 13.2. The van der Waals surface area contributed by atoms with E-state index in [0.29, 0.717) is 25.1 Å². The summed E-state index contributed by atoms with van der Waals surface area (Å²) < 4.78 is 94.5.